The van der Waals surface area contributed by atoms with E-state index in [-0.39, 0.29) is 29.5 Å². The van der Waals surface area contributed by atoms with Gasteiger partial charge in [0.15, 0.2) is 5.54 Å². The second-order valence-electron chi connectivity index (χ2n) is 13.2. The molecule has 10 nitrogen and oxygen atoms in total. The molecule has 240 valence electrons. The molecule has 5 aromatic rings. The molecule has 47 heavy (non-hydrogen) atoms. The Labute approximate surface area is 269 Å². The maximum atomic E-state index is 14.1. The van der Waals surface area contributed by atoms with Crippen molar-refractivity contribution in [3.8, 4) is 23.4 Å². The average Bonchev–Trinajstić information content (AvgIpc) is 3.52. The maximum Gasteiger partial charge on any atom is 0.413 e. The number of nitrogens with zero attached hydrogens (tertiary/aromatic N) is 8. The van der Waals surface area contributed by atoms with E-state index >= 15 is 0 Å². The maximum absolute atomic E-state index is 14.1. The van der Waals surface area contributed by atoms with E-state index in [4.69, 9.17) is 0 Å². The second-order valence-corrected chi connectivity index (χ2v) is 13.2. The van der Waals surface area contributed by atoms with Crippen molar-refractivity contribution in [2.75, 3.05) is 17.2 Å². The molecular formula is C34H33F3N10. The molecule has 3 aromatic heterocycles. The summed E-state index contributed by atoms with van der Waals surface area (Å²) < 4.78 is 45.0. The number of hydrogen-bond donors (Lipinski definition) is 2. The zero-order valence-corrected chi connectivity index (χ0v) is 26.6. The summed E-state index contributed by atoms with van der Waals surface area (Å²) in [7, 11) is 1.88. The summed E-state index contributed by atoms with van der Waals surface area (Å²) >= 11 is 0. The molecule has 1 atom stereocenters. The fourth-order valence-corrected chi connectivity index (χ4v) is 5.82. The van der Waals surface area contributed by atoms with Crippen LogP contribution in [0.1, 0.15) is 67.6 Å². The Morgan fingerprint density at radius 2 is 1.81 bits per heavy atom. The van der Waals surface area contributed by atoms with Crippen molar-refractivity contribution in [3.05, 3.63) is 83.2 Å². The molecule has 0 bridgehead atoms. The Hall–Kier alpha value is -5.43. The number of pyridine rings is 1. The first-order chi connectivity index (χ1) is 22.3. The van der Waals surface area contributed by atoms with Crippen molar-refractivity contribution in [3.63, 3.8) is 0 Å². The van der Waals surface area contributed by atoms with Gasteiger partial charge in [-0.2, -0.15) is 23.7 Å². The van der Waals surface area contributed by atoms with Gasteiger partial charge in [-0.15, -0.1) is 5.10 Å². The van der Waals surface area contributed by atoms with Gasteiger partial charge in [0, 0.05) is 36.4 Å². The van der Waals surface area contributed by atoms with E-state index in [0.717, 1.165) is 27.1 Å². The van der Waals surface area contributed by atoms with Gasteiger partial charge in [-0.1, -0.05) is 44.2 Å². The number of aryl methyl sites for hydroxylation is 1. The highest BCUT2D eigenvalue weighted by atomic mass is 19.4. The van der Waals surface area contributed by atoms with Crippen molar-refractivity contribution in [2.24, 2.45) is 12.5 Å². The quantitative estimate of drug-likeness (QED) is 0.186. The molecule has 1 saturated carbocycles. The summed E-state index contributed by atoms with van der Waals surface area (Å²) in [6.45, 7) is 8.68. The van der Waals surface area contributed by atoms with Gasteiger partial charge >= 0.3 is 6.18 Å². The number of benzene rings is 2. The van der Waals surface area contributed by atoms with Gasteiger partial charge in [0.1, 0.15) is 17.8 Å². The van der Waals surface area contributed by atoms with Crippen molar-refractivity contribution in [1.29, 1.82) is 10.5 Å². The highest BCUT2D eigenvalue weighted by Crippen LogP contribution is 2.55. The van der Waals surface area contributed by atoms with Crippen LogP contribution in [0.2, 0.25) is 0 Å². The fraction of sp³-hybridized carbons (Fsp3) is 0.353. The number of anilines is 2. The Bertz CT molecular complexity index is 2070. The monoisotopic (exact) mass is 638 g/mol. The predicted molar refractivity (Wildman–Crippen MR) is 171 cm³/mol. The van der Waals surface area contributed by atoms with Crippen molar-refractivity contribution < 1.29 is 13.2 Å². The van der Waals surface area contributed by atoms with Crippen LogP contribution < -0.4 is 10.6 Å². The molecule has 3 heterocycles. The standard InChI is InChI=1S/C34H33F3N10/c1-20-24(28-16-40-19-46(28)5)7-6-8-25(20)31(27-17-47(45-44-27)33(9-10-33)34(35,36)37)43-23-11-21(13-38)29-26(12-23)30(22(14-39)15-41-29)42-18-32(2,3)4/h6-8,11-12,15-17,19,31,43H,9-10,18H2,1-5H3,(H,41,42)/t31-/m0/s1. The van der Waals surface area contributed by atoms with Crippen LogP contribution in [0.4, 0.5) is 24.5 Å². The molecule has 1 aliphatic rings. The minimum Gasteiger partial charge on any atom is -0.383 e. The smallest absolute Gasteiger partial charge is 0.383 e. The Balaban J connectivity index is 1.51. The van der Waals surface area contributed by atoms with Crippen LogP contribution in [0, 0.1) is 35.0 Å². The lowest BCUT2D eigenvalue weighted by molar-refractivity contribution is -0.182. The van der Waals surface area contributed by atoms with Crippen LogP contribution in [0.15, 0.2) is 55.2 Å². The fourth-order valence-electron chi connectivity index (χ4n) is 5.82. The highest BCUT2D eigenvalue weighted by Gasteiger charge is 2.66. The number of aromatic nitrogens is 6. The van der Waals surface area contributed by atoms with E-state index in [1.54, 1.807) is 24.7 Å². The first-order valence-corrected chi connectivity index (χ1v) is 15.1. The normalized spacial score (nSPS) is 14.8. The van der Waals surface area contributed by atoms with Gasteiger partial charge in [-0.05, 0) is 48.4 Å². The van der Waals surface area contributed by atoms with Gasteiger partial charge in [0.2, 0.25) is 0 Å². The lowest BCUT2D eigenvalue weighted by Gasteiger charge is -2.24. The third-order valence-electron chi connectivity index (χ3n) is 8.59. The molecule has 0 radical (unpaired) electrons. The van der Waals surface area contributed by atoms with E-state index in [1.165, 1.54) is 12.4 Å². The molecule has 1 aliphatic carbocycles. The molecule has 13 heteroatoms. The summed E-state index contributed by atoms with van der Waals surface area (Å²) in [5.74, 6) is 0. The number of rotatable bonds is 8. The number of hydrogen-bond acceptors (Lipinski definition) is 8. The summed E-state index contributed by atoms with van der Waals surface area (Å²) in [6.07, 6.45) is 1.64. The SMILES string of the molecule is Cc1c(-c2cncn2C)cccc1[C@H](Nc1cc(C#N)c2ncc(C#N)c(NCC(C)(C)C)c2c1)c1cn(C2(C(F)(F)F)CC2)nn1. The Morgan fingerprint density at radius 3 is 2.43 bits per heavy atom. The van der Waals surface area contributed by atoms with Gasteiger partial charge in [0.25, 0.3) is 0 Å². The Morgan fingerprint density at radius 1 is 1.06 bits per heavy atom. The van der Waals surface area contributed by atoms with Crippen molar-refractivity contribution >= 4 is 22.3 Å². The molecule has 2 aromatic carbocycles. The van der Waals surface area contributed by atoms with E-state index in [2.05, 4.69) is 63.8 Å². The molecule has 0 saturated heterocycles. The number of halogens is 3. The summed E-state index contributed by atoms with van der Waals surface area (Å²) in [4.78, 5) is 8.68. The van der Waals surface area contributed by atoms with Gasteiger partial charge < -0.3 is 15.2 Å². The number of nitrogens with one attached hydrogen (secondary N) is 2. The van der Waals surface area contributed by atoms with Gasteiger partial charge in [-0.3, -0.25) is 4.98 Å². The first-order valence-electron chi connectivity index (χ1n) is 15.1. The molecule has 0 aliphatic heterocycles. The lowest BCUT2D eigenvalue weighted by Crippen LogP contribution is -2.35. The highest BCUT2D eigenvalue weighted by molar-refractivity contribution is 5.99. The summed E-state index contributed by atoms with van der Waals surface area (Å²) in [6, 6.07) is 12.8. The molecule has 2 N–H and O–H groups in total. The zero-order chi connectivity index (χ0) is 33.7. The van der Waals surface area contributed by atoms with Crippen LogP contribution >= 0.6 is 0 Å². The van der Waals surface area contributed by atoms with Gasteiger partial charge in [-0.25, -0.2) is 9.67 Å². The van der Waals surface area contributed by atoms with Crippen molar-refractivity contribution in [1.82, 2.24) is 29.5 Å². The number of alkyl halides is 3. The minimum absolute atomic E-state index is 0.0683. The summed E-state index contributed by atoms with van der Waals surface area (Å²) in [5, 5.41) is 35.7. The number of imidazole rings is 1. The number of nitriles is 2. The topological polar surface area (TPSA) is 133 Å². The van der Waals surface area contributed by atoms with E-state index in [1.807, 2.05) is 36.7 Å². The number of fused-ring (bicyclic) bond motifs is 1. The largest absolute Gasteiger partial charge is 0.413 e. The zero-order valence-electron chi connectivity index (χ0n) is 26.6. The lowest BCUT2D eigenvalue weighted by atomic mass is 9.93. The van der Waals surface area contributed by atoms with Crippen LogP contribution in [-0.2, 0) is 12.6 Å². The molecule has 6 rings (SSSR count). The van der Waals surface area contributed by atoms with E-state index in [9.17, 15) is 23.7 Å². The van der Waals surface area contributed by atoms with E-state index < -0.39 is 17.8 Å². The van der Waals surface area contributed by atoms with Crippen LogP contribution in [0.5, 0.6) is 0 Å². The predicted octanol–water partition coefficient (Wildman–Crippen LogP) is 6.99. The van der Waals surface area contributed by atoms with Crippen LogP contribution in [-0.4, -0.2) is 42.2 Å². The molecular weight excluding hydrogens is 605 g/mol. The molecule has 0 amide bonds. The van der Waals surface area contributed by atoms with Crippen molar-refractivity contribution in [2.45, 2.75) is 58.3 Å². The molecule has 1 fully saturated rings. The third kappa shape index (κ3) is 5.74. The second kappa shape index (κ2) is 11.4. The third-order valence-corrected chi connectivity index (χ3v) is 8.59. The first kappa shape index (κ1) is 31.5. The Kier molecular flexibility index (Phi) is 7.67. The molecule has 0 spiro atoms. The van der Waals surface area contributed by atoms with Gasteiger partial charge in [0.05, 0.1) is 52.8 Å². The summed E-state index contributed by atoms with van der Waals surface area (Å²) in [5.41, 5.74) is 3.52. The molecule has 0 unspecified atom stereocenters. The van der Waals surface area contributed by atoms with Crippen LogP contribution in [0.3, 0.4) is 0 Å². The minimum atomic E-state index is -4.47. The average molecular weight is 639 g/mol. The van der Waals surface area contributed by atoms with Crippen LogP contribution in [0.25, 0.3) is 22.2 Å². The van der Waals surface area contributed by atoms with E-state index in [0.29, 0.717) is 34.4 Å².